The number of hydrogen-bond acceptors (Lipinski definition) is 7. The molecule has 0 saturated carbocycles. The molecule has 2 aromatic heterocycles. The van der Waals surface area contributed by atoms with E-state index in [2.05, 4.69) is 25.7 Å². The molecule has 0 aliphatic rings. The van der Waals surface area contributed by atoms with Crippen LogP contribution in [0.3, 0.4) is 0 Å². The molecule has 1 amide bonds. The van der Waals surface area contributed by atoms with Crippen molar-refractivity contribution >= 4 is 17.6 Å². The van der Waals surface area contributed by atoms with Crippen molar-refractivity contribution in [1.82, 2.24) is 25.2 Å². The van der Waals surface area contributed by atoms with Crippen LogP contribution in [-0.4, -0.2) is 47.6 Å². The van der Waals surface area contributed by atoms with Gasteiger partial charge in [0.1, 0.15) is 5.82 Å². The second kappa shape index (κ2) is 8.68. The Labute approximate surface area is 173 Å². The quantitative estimate of drug-likeness (QED) is 0.491. The Hall–Kier alpha value is -3.82. The third kappa shape index (κ3) is 4.77. The van der Waals surface area contributed by atoms with Gasteiger partial charge in [-0.1, -0.05) is 41.6 Å². The average molecular weight is 409 g/mol. The highest BCUT2D eigenvalue weighted by Crippen LogP contribution is 2.22. The van der Waals surface area contributed by atoms with Crippen LogP contribution in [0.5, 0.6) is 0 Å². The molecule has 1 aromatic carbocycles. The van der Waals surface area contributed by atoms with E-state index in [4.69, 9.17) is 4.84 Å². The molecule has 0 aliphatic heterocycles. The van der Waals surface area contributed by atoms with Gasteiger partial charge in [-0.25, -0.2) is 14.5 Å². The van der Waals surface area contributed by atoms with Gasteiger partial charge in [0.15, 0.2) is 12.3 Å². The molecule has 3 rings (SSSR count). The molecule has 2 heterocycles. The number of amides is 1. The summed E-state index contributed by atoms with van der Waals surface area (Å²) in [5.74, 6) is 0.772. The first kappa shape index (κ1) is 20.9. The van der Waals surface area contributed by atoms with Crippen molar-refractivity contribution in [1.29, 1.82) is 0 Å². The van der Waals surface area contributed by atoms with Crippen molar-refractivity contribution in [3.05, 3.63) is 65.6 Å². The average Bonchev–Trinajstić information content (AvgIpc) is 3.10. The molecule has 0 unspecified atom stereocenters. The van der Waals surface area contributed by atoms with Crippen molar-refractivity contribution < 1.29 is 14.7 Å². The Kier molecular flexibility index (Phi) is 6.05. The third-order valence-electron chi connectivity index (χ3n) is 4.13. The van der Waals surface area contributed by atoms with Gasteiger partial charge < -0.3 is 9.94 Å². The fourth-order valence-corrected chi connectivity index (χ4v) is 2.81. The van der Waals surface area contributed by atoms with Crippen LogP contribution in [0, 0.1) is 0 Å². The summed E-state index contributed by atoms with van der Waals surface area (Å²) in [6.07, 6.45) is -1.08. The smallest absolute Gasteiger partial charge is 0.413 e. The highest BCUT2D eigenvalue weighted by Gasteiger charge is 2.29. The highest BCUT2D eigenvalue weighted by atomic mass is 16.6. The van der Waals surface area contributed by atoms with Crippen LogP contribution < -0.4 is 4.90 Å². The molecule has 0 fully saturated rings. The van der Waals surface area contributed by atoms with Crippen molar-refractivity contribution in [3.63, 3.8) is 0 Å². The van der Waals surface area contributed by atoms with E-state index in [1.165, 1.54) is 9.58 Å². The number of rotatable bonds is 6. The predicted octanol–water partition coefficient (Wildman–Crippen LogP) is 2.86. The Morgan fingerprint density at radius 2 is 1.90 bits per heavy atom. The van der Waals surface area contributed by atoms with E-state index in [0.29, 0.717) is 23.0 Å². The van der Waals surface area contributed by atoms with Gasteiger partial charge in [0.25, 0.3) is 0 Å². The first-order valence-electron chi connectivity index (χ1n) is 9.24. The number of tetrazole rings is 1. The first-order chi connectivity index (χ1) is 14.3. The topological polar surface area (TPSA) is 119 Å². The van der Waals surface area contributed by atoms with E-state index in [1.54, 1.807) is 46.0 Å². The summed E-state index contributed by atoms with van der Waals surface area (Å²) < 4.78 is 1.50. The van der Waals surface area contributed by atoms with E-state index < -0.39 is 11.6 Å². The monoisotopic (exact) mass is 409 g/mol. The largest absolute Gasteiger partial charge is 0.465 e. The fraction of sp³-hybridized carbons (Fsp3) is 0.300. The maximum Gasteiger partial charge on any atom is 0.413 e. The number of benzene rings is 1. The zero-order chi connectivity index (χ0) is 21.7. The van der Waals surface area contributed by atoms with Crippen molar-refractivity contribution in [3.8, 4) is 0 Å². The molecule has 0 bridgehead atoms. The molecule has 156 valence electrons. The van der Waals surface area contributed by atoms with E-state index in [0.717, 1.165) is 5.56 Å². The summed E-state index contributed by atoms with van der Waals surface area (Å²) in [7, 11) is 1.71. The number of nitrogens with zero attached hydrogens (tertiary/aromatic N) is 7. The van der Waals surface area contributed by atoms with Crippen molar-refractivity contribution in [2.45, 2.75) is 32.9 Å². The van der Waals surface area contributed by atoms with Crippen LogP contribution in [0.4, 0.5) is 10.6 Å². The van der Waals surface area contributed by atoms with Gasteiger partial charge in [0.05, 0.1) is 5.69 Å². The number of anilines is 1. The lowest BCUT2D eigenvalue weighted by Crippen LogP contribution is -2.45. The third-order valence-corrected chi connectivity index (χ3v) is 4.13. The number of aromatic nitrogens is 5. The molecule has 0 radical (unpaired) electrons. The molecular weight excluding hydrogens is 386 g/mol. The molecule has 0 aliphatic carbocycles. The summed E-state index contributed by atoms with van der Waals surface area (Å²) in [4.78, 5) is 22.9. The van der Waals surface area contributed by atoms with Gasteiger partial charge in [0, 0.05) is 18.2 Å². The van der Waals surface area contributed by atoms with Crippen LogP contribution in [0.25, 0.3) is 0 Å². The minimum atomic E-state index is -1.08. The molecule has 10 nitrogen and oxygen atoms in total. The number of pyridine rings is 1. The fourth-order valence-electron chi connectivity index (χ4n) is 2.81. The SMILES string of the molecule is Cn1nnnc1C(=NOCc1cccc(N(C(=O)O)C(C)(C)C)n1)c1ccccc1. The van der Waals surface area contributed by atoms with Gasteiger partial charge in [-0.05, 0) is 43.3 Å². The predicted molar refractivity (Wildman–Crippen MR) is 110 cm³/mol. The Morgan fingerprint density at radius 1 is 1.17 bits per heavy atom. The van der Waals surface area contributed by atoms with Crippen LogP contribution in [0.1, 0.15) is 37.9 Å². The van der Waals surface area contributed by atoms with Gasteiger partial charge in [-0.3, -0.25) is 4.90 Å². The second-order valence-corrected chi connectivity index (χ2v) is 7.48. The van der Waals surface area contributed by atoms with Crippen molar-refractivity contribution in [2.75, 3.05) is 4.90 Å². The lowest BCUT2D eigenvalue weighted by Gasteiger charge is -2.32. The minimum Gasteiger partial charge on any atom is -0.465 e. The molecule has 3 aromatic rings. The van der Waals surface area contributed by atoms with E-state index >= 15 is 0 Å². The molecule has 30 heavy (non-hydrogen) atoms. The van der Waals surface area contributed by atoms with E-state index in [1.807, 2.05) is 30.3 Å². The second-order valence-electron chi connectivity index (χ2n) is 7.48. The number of aryl methyl sites for hydroxylation is 1. The summed E-state index contributed by atoms with van der Waals surface area (Å²) in [6.45, 7) is 5.46. The number of carboxylic acid groups (broad SMARTS) is 1. The molecule has 0 saturated heterocycles. The summed E-state index contributed by atoms with van der Waals surface area (Å²) >= 11 is 0. The minimum absolute atomic E-state index is 0.0487. The molecular formula is C20H23N7O3. The zero-order valence-electron chi connectivity index (χ0n) is 17.2. The summed E-state index contributed by atoms with van der Waals surface area (Å²) in [5, 5.41) is 25.3. The van der Waals surface area contributed by atoms with Gasteiger partial charge in [0.2, 0.25) is 5.82 Å². The van der Waals surface area contributed by atoms with Crippen LogP contribution in [-0.2, 0) is 18.5 Å². The molecule has 10 heteroatoms. The van der Waals surface area contributed by atoms with Crippen LogP contribution in [0.2, 0.25) is 0 Å². The number of carbonyl (C=O) groups is 1. The van der Waals surface area contributed by atoms with Crippen molar-refractivity contribution in [2.24, 2.45) is 12.2 Å². The Balaban J connectivity index is 1.84. The van der Waals surface area contributed by atoms with Crippen LogP contribution in [0.15, 0.2) is 53.7 Å². The first-order valence-corrected chi connectivity index (χ1v) is 9.24. The highest BCUT2D eigenvalue weighted by molar-refractivity contribution is 6.10. The Bertz CT molecular complexity index is 1040. The Morgan fingerprint density at radius 3 is 2.50 bits per heavy atom. The van der Waals surface area contributed by atoms with E-state index in [-0.39, 0.29) is 6.61 Å². The zero-order valence-corrected chi connectivity index (χ0v) is 17.2. The van der Waals surface area contributed by atoms with Gasteiger partial charge in [-0.15, -0.1) is 5.10 Å². The lowest BCUT2D eigenvalue weighted by molar-refractivity contribution is 0.128. The summed E-state index contributed by atoms with van der Waals surface area (Å²) in [6, 6.07) is 14.5. The van der Waals surface area contributed by atoms with Gasteiger partial charge in [-0.2, -0.15) is 0 Å². The molecule has 1 N–H and O–H groups in total. The number of hydrogen-bond donors (Lipinski definition) is 1. The lowest BCUT2D eigenvalue weighted by atomic mass is 10.1. The standard InChI is InChI=1S/C20H23N7O3/c1-20(2,3)27(19(28)29)16-12-8-11-15(21-16)13-30-23-17(14-9-6-5-7-10-14)18-22-24-25-26(18)4/h5-12H,13H2,1-4H3,(H,28,29). The molecule has 0 spiro atoms. The summed E-state index contributed by atoms with van der Waals surface area (Å²) in [5.41, 5.74) is 1.16. The van der Waals surface area contributed by atoms with Crippen LogP contribution >= 0.6 is 0 Å². The molecule has 0 atom stereocenters. The maximum atomic E-state index is 11.7. The van der Waals surface area contributed by atoms with Gasteiger partial charge >= 0.3 is 6.09 Å². The number of oxime groups is 1. The van der Waals surface area contributed by atoms with E-state index in [9.17, 15) is 9.90 Å². The normalized spacial score (nSPS) is 11.9. The maximum absolute atomic E-state index is 11.7.